The second-order valence-corrected chi connectivity index (χ2v) is 12.2. The van der Waals surface area contributed by atoms with Crippen molar-refractivity contribution in [3.05, 3.63) is 131 Å². The lowest BCUT2D eigenvalue weighted by molar-refractivity contribution is -0.116. The number of carbonyl (C=O) groups is 3. The van der Waals surface area contributed by atoms with Crippen LogP contribution in [0.3, 0.4) is 0 Å². The van der Waals surface area contributed by atoms with Gasteiger partial charge in [-0.1, -0.05) is 73.7 Å². The van der Waals surface area contributed by atoms with E-state index in [0.717, 1.165) is 16.2 Å². The Morgan fingerprint density at radius 2 is 1.61 bits per heavy atom. The summed E-state index contributed by atoms with van der Waals surface area (Å²) in [6.45, 7) is 1.95. The van der Waals surface area contributed by atoms with Gasteiger partial charge in [0.1, 0.15) is 11.4 Å². The quantitative estimate of drug-likeness (QED) is 0.0944. The summed E-state index contributed by atoms with van der Waals surface area (Å²) >= 11 is 2.78. The summed E-state index contributed by atoms with van der Waals surface area (Å²) in [5, 5.41) is 10.7. The molecule has 1 heterocycles. The number of hydrogen-bond acceptors (Lipinski definition) is 7. The van der Waals surface area contributed by atoms with E-state index in [9.17, 15) is 14.4 Å². The van der Waals surface area contributed by atoms with Gasteiger partial charge in [-0.2, -0.15) is 0 Å². The minimum atomic E-state index is -0.495. The Kier molecular flexibility index (Phi) is 11.0. The molecule has 4 aromatic carbocycles. The zero-order chi connectivity index (χ0) is 32.3. The molecule has 46 heavy (non-hydrogen) atoms. The Balaban J connectivity index is 1.28. The van der Waals surface area contributed by atoms with E-state index in [-0.39, 0.29) is 16.9 Å². The average molecular weight is 649 g/mol. The number of hydrogen-bond donors (Lipinski definition) is 3. The largest absolute Gasteiger partial charge is 0.497 e. The van der Waals surface area contributed by atoms with Gasteiger partial charge in [0.2, 0.25) is 5.91 Å². The van der Waals surface area contributed by atoms with E-state index in [0.29, 0.717) is 34.1 Å². The molecule has 8 nitrogen and oxygen atoms in total. The fourth-order valence-corrected chi connectivity index (χ4v) is 6.14. The van der Waals surface area contributed by atoms with Gasteiger partial charge >= 0.3 is 0 Å². The maximum absolute atomic E-state index is 13.5. The molecule has 10 heteroatoms. The first-order valence-corrected chi connectivity index (χ1v) is 16.3. The van der Waals surface area contributed by atoms with Gasteiger partial charge in [0.15, 0.2) is 5.13 Å². The second kappa shape index (κ2) is 15.7. The van der Waals surface area contributed by atoms with Gasteiger partial charge in [-0.25, -0.2) is 4.98 Å². The Morgan fingerprint density at radius 3 is 2.30 bits per heavy atom. The van der Waals surface area contributed by atoms with Gasteiger partial charge in [-0.3, -0.25) is 14.4 Å². The fraction of sp³-hybridized carbons (Fsp3) is 0.111. The minimum absolute atomic E-state index is 0.0706. The topological polar surface area (TPSA) is 109 Å². The molecule has 0 fully saturated rings. The average Bonchev–Trinajstić information content (AvgIpc) is 3.56. The predicted octanol–water partition coefficient (Wildman–Crippen LogP) is 7.74. The van der Waals surface area contributed by atoms with E-state index in [1.807, 2.05) is 60.8 Å². The zero-order valence-electron chi connectivity index (χ0n) is 25.2. The van der Waals surface area contributed by atoms with E-state index >= 15 is 0 Å². The molecule has 0 radical (unpaired) electrons. The molecule has 1 unspecified atom stereocenters. The highest BCUT2D eigenvalue weighted by Crippen LogP contribution is 2.30. The van der Waals surface area contributed by atoms with Crippen molar-refractivity contribution in [3.63, 3.8) is 0 Å². The number of carbonyl (C=O) groups excluding carboxylic acids is 3. The highest BCUT2D eigenvalue weighted by atomic mass is 32.2. The number of benzene rings is 4. The van der Waals surface area contributed by atoms with Crippen LogP contribution in [0, 0.1) is 0 Å². The third-order valence-corrected chi connectivity index (χ3v) is 8.91. The van der Waals surface area contributed by atoms with E-state index in [1.165, 1.54) is 23.1 Å². The number of anilines is 2. The van der Waals surface area contributed by atoms with Crippen LogP contribution in [0.4, 0.5) is 10.8 Å². The van der Waals surface area contributed by atoms with Crippen LogP contribution in [0.2, 0.25) is 0 Å². The smallest absolute Gasteiger partial charge is 0.272 e. The van der Waals surface area contributed by atoms with Gasteiger partial charge in [0, 0.05) is 27.1 Å². The molecule has 0 spiro atoms. The molecule has 0 saturated heterocycles. The summed E-state index contributed by atoms with van der Waals surface area (Å²) in [5.74, 6) is -0.379. The molecule has 0 aliphatic rings. The van der Waals surface area contributed by atoms with Gasteiger partial charge < -0.3 is 20.7 Å². The number of amides is 3. The molecular weight excluding hydrogens is 617 g/mol. The Hall–Kier alpha value is -5.19. The van der Waals surface area contributed by atoms with Crippen molar-refractivity contribution in [1.82, 2.24) is 10.3 Å². The standard InChI is InChI=1S/C36H32N4O4S2/c1-3-32(35(43)40-36-39-31(23-45-36)25-11-6-4-7-12-25)46-29-16-10-15-27(22-29)37-34(42)30(21-24-17-19-28(44-2)20-18-24)38-33(41)26-13-8-5-9-14-26/h4-23,32H,3H2,1-2H3,(H,37,42)(H,38,41)(H,39,40,43)/b30-21+. The zero-order valence-corrected chi connectivity index (χ0v) is 26.9. The third kappa shape index (κ3) is 8.71. The highest BCUT2D eigenvalue weighted by Gasteiger charge is 2.20. The molecule has 0 aliphatic carbocycles. The summed E-state index contributed by atoms with van der Waals surface area (Å²) in [4.78, 5) is 45.1. The lowest BCUT2D eigenvalue weighted by Crippen LogP contribution is -2.30. The maximum Gasteiger partial charge on any atom is 0.272 e. The normalized spacial score (nSPS) is 11.7. The minimum Gasteiger partial charge on any atom is -0.497 e. The SMILES string of the molecule is CCC(Sc1cccc(NC(=O)/C(=C\c2ccc(OC)cc2)NC(=O)c2ccccc2)c1)C(=O)Nc1nc(-c2ccccc2)cs1. The number of rotatable bonds is 12. The van der Waals surface area contributed by atoms with Gasteiger partial charge in [0.05, 0.1) is 18.1 Å². The molecule has 1 aromatic heterocycles. The summed E-state index contributed by atoms with van der Waals surface area (Å²) in [6, 6.07) is 32.9. The second-order valence-electron chi connectivity index (χ2n) is 10.0. The number of ether oxygens (including phenoxy) is 1. The van der Waals surface area contributed by atoms with Crippen LogP contribution in [0.25, 0.3) is 17.3 Å². The van der Waals surface area contributed by atoms with E-state index in [2.05, 4.69) is 20.9 Å². The van der Waals surface area contributed by atoms with Crippen molar-refractivity contribution in [2.75, 3.05) is 17.7 Å². The van der Waals surface area contributed by atoms with Crippen LogP contribution >= 0.6 is 23.1 Å². The van der Waals surface area contributed by atoms with Crippen molar-refractivity contribution in [1.29, 1.82) is 0 Å². The van der Waals surface area contributed by atoms with Crippen molar-refractivity contribution >= 4 is 57.7 Å². The fourth-order valence-electron chi connectivity index (χ4n) is 4.40. The van der Waals surface area contributed by atoms with E-state index in [1.54, 1.807) is 73.8 Å². The van der Waals surface area contributed by atoms with Crippen LogP contribution in [0.5, 0.6) is 5.75 Å². The molecule has 232 valence electrons. The molecule has 0 saturated carbocycles. The molecule has 0 bridgehead atoms. The Bertz CT molecular complexity index is 1820. The lowest BCUT2D eigenvalue weighted by Gasteiger charge is -2.15. The monoisotopic (exact) mass is 648 g/mol. The molecule has 3 N–H and O–H groups in total. The van der Waals surface area contributed by atoms with Crippen molar-refractivity contribution in [2.24, 2.45) is 0 Å². The highest BCUT2D eigenvalue weighted by molar-refractivity contribution is 8.00. The molecule has 1 atom stereocenters. The summed E-state index contributed by atoms with van der Waals surface area (Å²) in [6.07, 6.45) is 2.19. The number of thioether (sulfide) groups is 1. The van der Waals surface area contributed by atoms with Crippen molar-refractivity contribution in [2.45, 2.75) is 23.5 Å². The summed E-state index contributed by atoms with van der Waals surface area (Å²) in [5.41, 5.74) is 3.52. The number of methoxy groups -OCH3 is 1. The van der Waals surface area contributed by atoms with Crippen LogP contribution in [-0.4, -0.2) is 35.1 Å². The molecule has 3 amide bonds. The van der Waals surface area contributed by atoms with Crippen LogP contribution in [0.1, 0.15) is 29.3 Å². The van der Waals surface area contributed by atoms with Crippen LogP contribution < -0.4 is 20.7 Å². The van der Waals surface area contributed by atoms with E-state index < -0.39 is 11.8 Å². The van der Waals surface area contributed by atoms with Crippen molar-refractivity contribution < 1.29 is 19.1 Å². The number of nitrogens with one attached hydrogen (secondary N) is 3. The van der Waals surface area contributed by atoms with Crippen LogP contribution in [0.15, 0.2) is 125 Å². The Morgan fingerprint density at radius 1 is 0.891 bits per heavy atom. The summed E-state index contributed by atoms with van der Waals surface area (Å²) < 4.78 is 5.23. The molecule has 5 rings (SSSR count). The number of nitrogens with zero attached hydrogens (tertiary/aromatic N) is 1. The molecular formula is C36H32N4O4S2. The molecule has 5 aromatic rings. The summed E-state index contributed by atoms with van der Waals surface area (Å²) in [7, 11) is 1.58. The predicted molar refractivity (Wildman–Crippen MR) is 186 cm³/mol. The Labute approximate surface area is 275 Å². The van der Waals surface area contributed by atoms with Crippen molar-refractivity contribution in [3.8, 4) is 17.0 Å². The number of thiazole rings is 1. The van der Waals surface area contributed by atoms with Crippen LogP contribution in [-0.2, 0) is 9.59 Å². The first-order valence-electron chi connectivity index (χ1n) is 14.5. The molecule has 0 aliphatic heterocycles. The van der Waals surface area contributed by atoms with Gasteiger partial charge in [-0.15, -0.1) is 23.1 Å². The first kappa shape index (κ1) is 32.2. The first-order chi connectivity index (χ1) is 22.4. The third-order valence-electron chi connectivity index (χ3n) is 6.79. The maximum atomic E-state index is 13.5. The van der Waals surface area contributed by atoms with Gasteiger partial charge in [0.25, 0.3) is 11.8 Å². The lowest BCUT2D eigenvalue weighted by atomic mass is 10.1. The van der Waals surface area contributed by atoms with Gasteiger partial charge in [-0.05, 0) is 60.5 Å². The van der Waals surface area contributed by atoms with E-state index in [4.69, 9.17) is 4.74 Å². The number of aromatic nitrogens is 1.